The van der Waals surface area contributed by atoms with Gasteiger partial charge in [-0.25, -0.2) is 0 Å². The van der Waals surface area contributed by atoms with Crippen molar-refractivity contribution in [2.24, 2.45) is 0 Å². The Morgan fingerprint density at radius 3 is 2.75 bits per heavy atom. The second-order valence-corrected chi connectivity index (χ2v) is 5.04. The topological polar surface area (TPSA) is 85.4 Å². The van der Waals surface area contributed by atoms with E-state index in [1.807, 2.05) is 6.07 Å². The number of amides is 1. The van der Waals surface area contributed by atoms with Crippen LogP contribution >= 0.6 is 0 Å². The van der Waals surface area contributed by atoms with E-state index in [0.29, 0.717) is 23.5 Å². The third-order valence-electron chi connectivity index (χ3n) is 3.40. The van der Waals surface area contributed by atoms with Crippen molar-refractivity contribution < 1.29 is 4.79 Å². The minimum absolute atomic E-state index is 0.101. The molecule has 1 aromatic rings. The van der Waals surface area contributed by atoms with E-state index < -0.39 is 0 Å². The molecule has 2 rings (SSSR count). The normalized spacial score (nSPS) is 16.6. The Balaban J connectivity index is 1.93. The second-order valence-electron chi connectivity index (χ2n) is 5.04. The van der Waals surface area contributed by atoms with Gasteiger partial charge in [0.05, 0.1) is 17.8 Å². The van der Waals surface area contributed by atoms with Gasteiger partial charge >= 0.3 is 0 Å². The largest absolute Gasteiger partial charge is 0.399 e. The molecule has 20 heavy (non-hydrogen) atoms. The summed E-state index contributed by atoms with van der Waals surface area (Å²) in [4.78, 5) is 16.4. The Kier molecular flexibility index (Phi) is 4.56. The van der Waals surface area contributed by atoms with Crippen LogP contribution in [0.15, 0.2) is 18.2 Å². The average molecular weight is 273 g/mol. The molecule has 0 bridgehead atoms. The maximum Gasteiger partial charge on any atom is 0.238 e. The number of nitrogens with zero attached hydrogens (tertiary/aromatic N) is 3. The van der Waals surface area contributed by atoms with E-state index in [0.717, 1.165) is 26.2 Å². The predicted octanol–water partition coefficient (Wildman–Crippen LogP) is 0.326. The Morgan fingerprint density at radius 2 is 2.10 bits per heavy atom. The minimum Gasteiger partial charge on any atom is -0.399 e. The molecule has 0 unspecified atom stereocenters. The summed E-state index contributed by atoms with van der Waals surface area (Å²) in [6.45, 7) is 4.06. The van der Waals surface area contributed by atoms with E-state index in [2.05, 4.69) is 22.2 Å². The standard InChI is InChI=1S/C14H19N5O/c1-18-4-6-19(7-5-18)10-14(20)17-13-3-2-12(16)8-11(13)9-15/h2-3,8H,4-7,10,16H2,1H3,(H,17,20). The molecule has 6 nitrogen and oxygen atoms in total. The van der Waals surface area contributed by atoms with Gasteiger partial charge in [-0.1, -0.05) is 0 Å². The van der Waals surface area contributed by atoms with Crippen LogP contribution in [0.3, 0.4) is 0 Å². The van der Waals surface area contributed by atoms with Crippen molar-refractivity contribution in [2.75, 3.05) is 50.8 Å². The van der Waals surface area contributed by atoms with E-state index in [-0.39, 0.29) is 5.91 Å². The van der Waals surface area contributed by atoms with Crippen LogP contribution in [0.4, 0.5) is 11.4 Å². The van der Waals surface area contributed by atoms with Gasteiger partial charge in [0.15, 0.2) is 0 Å². The van der Waals surface area contributed by atoms with Gasteiger partial charge in [-0.2, -0.15) is 5.26 Å². The summed E-state index contributed by atoms with van der Waals surface area (Å²) >= 11 is 0. The minimum atomic E-state index is -0.101. The lowest BCUT2D eigenvalue weighted by atomic mass is 10.1. The van der Waals surface area contributed by atoms with Gasteiger partial charge in [-0.3, -0.25) is 9.69 Å². The highest BCUT2D eigenvalue weighted by Gasteiger charge is 2.17. The molecule has 106 valence electrons. The third-order valence-corrected chi connectivity index (χ3v) is 3.40. The van der Waals surface area contributed by atoms with E-state index in [1.165, 1.54) is 0 Å². The third kappa shape index (κ3) is 3.70. The van der Waals surface area contributed by atoms with Gasteiger partial charge in [0, 0.05) is 31.9 Å². The van der Waals surface area contributed by atoms with Crippen molar-refractivity contribution in [2.45, 2.75) is 0 Å². The van der Waals surface area contributed by atoms with Crippen LogP contribution in [-0.2, 0) is 4.79 Å². The molecule has 1 aromatic carbocycles. The number of carbonyl (C=O) groups excluding carboxylic acids is 1. The number of hydrogen-bond acceptors (Lipinski definition) is 5. The molecule has 0 spiro atoms. The molecule has 1 aliphatic rings. The van der Waals surface area contributed by atoms with Crippen LogP contribution in [0.1, 0.15) is 5.56 Å². The van der Waals surface area contributed by atoms with Crippen molar-refractivity contribution >= 4 is 17.3 Å². The molecule has 1 amide bonds. The highest BCUT2D eigenvalue weighted by Crippen LogP contribution is 2.17. The first-order valence-electron chi connectivity index (χ1n) is 6.59. The number of rotatable bonds is 3. The summed E-state index contributed by atoms with van der Waals surface area (Å²) in [5, 5.41) is 11.8. The number of hydrogen-bond donors (Lipinski definition) is 2. The lowest BCUT2D eigenvalue weighted by Gasteiger charge is -2.31. The van der Waals surface area contributed by atoms with Crippen molar-refractivity contribution in [1.82, 2.24) is 9.80 Å². The molecule has 0 saturated carbocycles. The molecule has 3 N–H and O–H groups in total. The molecule has 1 saturated heterocycles. The lowest BCUT2D eigenvalue weighted by Crippen LogP contribution is -2.47. The Labute approximate surface area is 118 Å². The molecule has 6 heteroatoms. The van der Waals surface area contributed by atoms with Gasteiger partial charge in [0.1, 0.15) is 6.07 Å². The molecule has 0 aromatic heterocycles. The van der Waals surface area contributed by atoms with E-state index >= 15 is 0 Å². The van der Waals surface area contributed by atoms with Crippen molar-refractivity contribution in [1.29, 1.82) is 5.26 Å². The number of piperazine rings is 1. The van der Waals surface area contributed by atoms with Crippen LogP contribution in [0.5, 0.6) is 0 Å². The van der Waals surface area contributed by atoms with Gasteiger partial charge in [-0.15, -0.1) is 0 Å². The number of likely N-dealkylation sites (N-methyl/N-ethyl adjacent to an activating group) is 1. The maximum atomic E-state index is 12.0. The van der Waals surface area contributed by atoms with Gasteiger partial charge in [0.2, 0.25) is 5.91 Å². The summed E-state index contributed by atoms with van der Waals surface area (Å²) < 4.78 is 0. The summed E-state index contributed by atoms with van der Waals surface area (Å²) in [5.41, 5.74) is 7.03. The van der Waals surface area contributed by atoms with Crippen LogP contribution < -0.4 is 11.1 Å². The molecular weight excluding hydrogens is 254 g/mol. The van der Waals surface area contributed by atoms with Gasteiger partial charge in [0.25, 0.3) is 0 Å². The highest BCUT2D eigenvalue weighted by atomic mass is 16.2. The van der Waals surface area contributed by atoms with E-state index in [9.17, 15) is 4.79 Å². The monoisotopic (exact) mass is 273 g/mol. The summed E-state index contributed by atoms with van der Waals surface area (Å²) in [6, 6.07) is 6.93. The zero-order valence-corrected chi connectivity index (χ0v) is 11.6. The molecule has 0 atom stereocenters. The van der Waals surface area contributed by atoms with Crippen molar-refractivity contribution in [3.63, 3.8) is 0 Å². The van der Waals surface area contributed by atoms with Crippen LogP contribution in [0.25, 0.3) is 0 Å². The highest BCUT2D eigenvalue weighted by molar-refractivity contribution is 5.93. The maximum absolute atomic E-state index is 12.0. The number of anilines is 2. The summed E-state index contributed by atoms with van der Waals surface area (Å²) in [5.74, 6) is -0.101. The SMILES string of the molecule is CN1CCN(CC(=O)Nc2ccc(N)cc2C#N)CC1. The fourth-order valence-corrected chi connectivity index (χ4v) is 2.16. The average Bonchev–Trinajstić information content (AvgIpc) is 2.43. The smallest absolute Gasteiger partial charge is 0.238 e. The van der Waals surface area contributed by atoms with Crippen LogP contribution in [0, 0.1) is 11.3 Å². The predicted molar refractivity (Wildman–Crippen MR) is 78.1 cm³/mol. The number of nitrogens with two attached hydrogens (primary N) is 1. The second kappa shape index (κ2) is 6.37. The first kappa shape index (κ1) is 14.3. The summed E-state index contributed by atoms with van der Waals surface area (Å²) in [6.07, 6.45) is 0. The van der Waals surface area contributed by atoms with Gasteiger partial charge in [-0.05, 0) is 25.2 Å². The number of benzene rings is 1. The number of nitrogens with one attached hydrogen (secondary N) is 1. The van der Waals surface area contributed by atoms with E-state index in [4.69, 9.17) is 11.0 Å². The number of nitrogen functional groups attached to an aromatic ring is 1. The quantitative estimate of drug-likeness (QED) is 0.775. The Bertz CT molecular complexity index is 529. The molecular formula is C14H19N5O. The molecule has 1 heterocycles. The summed E-state index contributed by atoms with van der Waals surface area (Å²) in [7, 11) is 2.07. The number of nitriles is 1. The Hall–Kier alpha value is -2.10. The molecule has 1 fully saturated rings. The Morgan fingerprint density at radius 1 is 1.40 bits per heavy atom. The van der Waals surface area contributed by atoms with E-state index in [1.54, 1.807) is 18.2 Å². The fourth-order valence-electron chi connectivity index (χ4n) is 2.16. The lowest BCUT2D eigenvalue weighted by molar-refractivity contribution is -0.117. The number of carbonyl (C=O) groups is 1. The fraction of sp³-hybridized carbons (Fsp3) is 0.429. The van der Waals surface area contributed by atoms with Crippen molar-refractivity contribution in [3.8, 4) is 6.07 Å². The van der Waals surface area contributed by atoms with Gasteiger partial charge < -0.3 is 16.0 Å². The molecule has 0 radical (unpaired) electrons. The first-order chi connectivity index (χ1) is 9.58. The zero-order valence-electron chi connectivity index (χ0n) is 11.6. The molecule has 1 aliphatic heterocycles. The first-order valence-corrected chi connectivity index (χ1v) is 6.59. The van der Waals surface area contributed by atoms with Crippen LogP contribution in [-0.4, -0.2) is 55.5 Å². The van der Waals surface area contributed by atoms with Crippen LogP contribution in [0.2, 0.25) is 0 Å². The zero-order chi connectivity index (χ0) is 14.5. The molecule has 0 aliphatic carbocycles. The van der Waals surface area contributed by atoms with Crippen molar-refractivity contribution in [3.05, 3.63) is 23.8 Å².